The normalized spacial score (nSPS) is 11.4. The van der Waals surface area contributed by atoms with E-state index in [1.165, 1.54) is 0 Å². The molecule has 1 N–H and O–H groups in total. The van der Waals surface area contributed by atoms with E-state index in [0.717, 1.165) is 0 Å². The maximum Gasteiger partial charge on any atom is 0.411 e. The van der Waals surface area contributed by atoms with E-state index in [1.54, 1.807) is 25.1 Å². The minimum absolute atomic E-state index is 0.447. The van der Waals surface area contributed by atoms with Crippen molar-refractivity contribution < 1.29 is 22.7 Å². The predicted octanol–water partition coefficient (Wildman–Crippen LogP) is 3.17. The van der Waals surface area contributed by atoms with Crippen LogP contribution in [-0.2, 0) is 9.53 Å². The van der Waals surface area contributed by atoms with Gasteiger partial charge in [0.1, 0.15) is 13.2 Å². The average Bonchev–Trinajstić information content (AvgIpc) is 2.23. The lowest BCUT2D eigenvalue weighted by Crippen LogP contribution is -2.24. The third kappa shape index (κ3) is 4.93. The van der Waals surface area contributed by atoms with Crippen molar-refractivity contribution in [2.75, 3.05) is 18.5 Å². The Kier molecular flexibility index (Phi) is 4.98. The summed E-state index contributed by atoms with van der Waals surface area (Å²) in [5.74, 6) is -0.662. The van der Waals surface area contributed by atoms with Crippen molar-refractivity contribution in [2.24, 2.45) is 0 Å². The summed E-state index contributed by atoms with van der Waals surface area (Å²) in [4.78, 5) is 11.3. The summed E-state index contributed by atoms with van der Waals surface area (Å²) < 4.78 is 39.6. The van der Waals surface area contributed by atoms with Gasteiger partial charge in [-0.15, -0.1) is 0 Å². The van der Waals surface area contributed by atoms with E-state index < -0.39 is 25.3 Å². The van der Waals surface area contributed by atoms with E-state index >= 15 is 0 Å². The zero-order chi connectivity index (χ0) is 13.8. The molecule has 1 amide bonds. The molecule has 0 spiro atoms. The Labute approximate surface area is 107 Å². The fraction of sp³-hybridized carbons (Fsp3) is 0.364. The molecule has 0 bridgehead atoms. The summed E-state index contributed by atoms with van der Waals surface area (Å²) in [5, 5.41) is 2.88. The van der Waals surface area contributed by atoms with Gasteiger partial charge in [0.2, 0.25) is 5.91 Å². The number of carbonyl (C=O) groups is 1. The third-order valence-corrected chi connectivity index (χ3v) is 2.45. The van der Waals surface area contributed by atoms with Gasteiger partial charge in [-0.25, -0.2) is 0 Å². The first-order chi connectivity index (χ1) is 8.29. The first kappa shape index (κ1) is 14.8. The Morgan fingerprint density at radius 3 is 2.72 bits per heavy atom. The van der Waals surface area contributed by atoms with Crippen LogP contribution in [0.25, 0.3) is 0 Å². The van der Waals surface area contributed by atoms with E-state index in [4.69, 9.17) is 11.6 Å². The number of benzene rings is 1. The highest BCUT2D eigenvalue weighted by atomic mass is 35.5. The van der Waals surface area contributed by atoms with Gasteiger partial charge in [0.15, 0.2) is 0 Å². The second kappa shape index (κ2) is 6.06. The molecule has 1 aromatic rings. The molecule has 100 valence electrons. The number of carbonyl (C=O) groups excluding carboxylic acids is 1. The second-order valence-electron chi connectivity index (χ2n) is 3.57. The summed E-state index contributed by atoms with van der Waals surface area (Å²) in [5.41, 5.74) is 1.09. The van der Waals surface area contributed by atoms with Crippen LogP contribution in [0.4, 0.5) is 18.9 Å². The minimum Gasteiger partial charge on any atom is -0.362 e. The van der Waals surface area contributed by atoms with Crippen molar-refractivity contribution in [1.82, 2.24) is 0 Å². The van der Waals surface area contributed by atoms with E-state index in [-0.39, 0.29) is 0 Å². The van der Waals surface area contributed by atoms with E-state index in [1.807, 2.05) is 0 Å². The van der Waals surface area contributed by atoms with Gasteiger partial charge in [0.05, 0.1) is 0 Å². The number of amides is 1. The Morgan fingerprint density at radius 1 is 1.44 bits per heavy atom. The molecule has 1 rings (SSSR count). The minimum atomic E-state index is -4.44. The highest BCUT2D eigenvalue weighted by molar-refractivity contribution is 6.31. The van der Waals surface area contributed by atoms with Crippen LogP contribution >= 0.6 is 11.6 Å². The standard InChI is InChI=1S/C11H11ClF3NO2/c1-7-8(12)3-2-4-9(7)16-10(17)5-18-6-11(13,14)15/h2-4H,5-6H2,1H3,(H,16,17). The summed E-state index contributed by atoms with van der Waals surface area (Å²) in [6, 6.07) is 4.87. The molecule has 0 fully saturated rings. The molecule has 0 unspecified atom stereocenters. The molecule has 0 heterocycles. The van der Waals surface area contributed by atoms with Crippen LogP contribution < -0.4 is 5.32 Å². The van der Waals surface area contributed by atoms with Crippen molar-refractivity contribution in [3.05, 3.63) is 28.8 Å². The average molecular weight is 282 g/mol. The molecule has 3 nitrogen and oxygen atoms in total. The predicted molar refractivity (Wildman–Crippen MR) is 61.7 cm³/mol. The van der Waals surface area contributed by atoms with Crippen LogP contribution in [0.5, 0.6) is 0 Å². The quantitative estimate of drug-likeness (QED) is 0.920. The number of nitrogens with one attached hydrogen (secondary N) is 1. The lowest BCUT2D eigenvalue weighted by atomic mass is 10.2. The summed E-state index contributed by atoms with van der Waals surface area (Å²) in [7, 11) is 0. The first-order valence-electron chi connectivity index (χ1n) is 4.99. The molecule has 0 saturated carbocycles. The van der Waals surface area contributed by atoms with E-state index in [2.05, 4.69) is 10.1 Å². The molecule has 0 aromatic heterocycles. The molecule has 0 saturated heterocycles. The Balaban J connectivity index is 2.48. The molecule has 0 atom stereocenters. The highest BCUT2D eigenvalue weighted by Crippen LogP contribution is 2.22. The SMILES string of the molecule is Cc1c(Cl)cccc1NC(=O)COCC(F)(F)F. The monoisotopic (exact) mass is 281 g/mol. The smallest absolute Gasteiger partial charge is 0.362 e. The first-order valence-corrected chi connectivity index (χ1v) is 5.37. The molecule has 7 heteroatoms. The number of halogens is 4. The van der Waals surface area contributed by atoms with Crippen LogP contribution in [-0.4, -0.2) is 25.3 Å². The van der Waals surface area contributed by atoms with E-state index in [0.29, 0.717) is 16.3 Å². The third-order valence-electron chi connectivity index (χ3n) is 2.04. The molecular formula is C11H11ClF3NO2. The highest BCUT2D eigenvalue weighted by Gasteiger charge is 2.27. The van der Waals surface area contributed by atoms with Gasteiger partial charge in [-0.3, -0.25) is 4.79 Å². The molecule has 18 heavy (non-hydrogen) atoms. The molecule has 1 aromatic carbocycles. The number of ether oxygens (including phenoxy) is 1. The molecular weight excluding hydrogens is 271 g/mol. The number of anilines is 1. The number of alkyl halides is 3. The molecule has 0 aliphatic rings. The van der Waals surface area contributed by atoms with Gasteiger partial charge < -0.3 is 10.1 Å². The van der Waals surface area contributed by atoms with Crippen LogP contribution in [0.15, 0.2) is 18.2 Å². The Hall–Kier alpha value is -1.27. The van der Waals surface area contributed by atoms with Crippen LogP contribution in [0.1, 0.15) is 5.56 Å². The molecule has 0 radical (unpaired) electrons. The van der Waals surface area contributed by atoms with Gasteiger partial charge in [-0.1, -0.05) is 17.7 Å². The summed E-state index contributed by atoms with van der Waals surface area (Å²) in [6.45, 7) is -0.422. The molecule has 0 aliphatic carbocycles. The topological polar surface area (TPSA) is 38.3 Å². The summed E-state index contributed by atoms with van der Waals surface area (Å²) >= 11 is 5.83. The number of hydrogen-bond acceptors (Lipinski definition) is 2. The van der Waals surface area contributed by atoms with E-state index in [9.17, 15) is 18.0 Å². The Morgan fingerprint density at radius 2 is 2.11 bits per heavy atom. The largest absolute Gasteiger partial charge is 0.411 e. The molecule has 0 aliphatic heterocycles. The summed E-state index contributed by atoms with van der Waals surface area (Å²) in [6.07, 6.45) is -4.44. The maximum atomic E-state index is 11.8. The van der Waals surface area contributed by atoms with Crippen molar-refractivity contribution in [2.45, 2.75) is 13.1 Å². The fourth-order valence-corrected chi connectivity index (χ4v) is 1.36. The van der Waals surface area contributed by atoms with Crippen molar-refractivity contribution in [3.8, 4) is 0 Å². The maximum absolute atomic E-state index is 11.8. The van der Waals surface area contributed by atoms with Gasteiger partial charge >= 0.3 is 6.18 Å². The van der Waals surface area contributed by atoms with Crippen molar-refractivity contribution >= 4 is 23.2 Å². The number of hydrogen-bond donors (Lipinski definition) is 1. The zero-order valence-electron chi connectivity index (χ0n) is 9.47. The lowest BCUT2D eigenvalue weighted by molar-refractivity contribution is -0.174. The fourth-order valence-electron chi connectivity index (χ4n) is 1.19. The van der Waals surface area contributed by atoms with Crippen LogP contribution in [0, 0.1) is 6.92 Å². The zero-order valence-corrected chi connectivity index (χ0v) is 10.2. The van der Waals surface area contributed by atoms with Crippen molar-refractivity contribution in [1.29, 1.82) is 0 Å². The lowest BCUT2D eigenvalue weighted by Gasteiger charge is -2.10. The van der Waals surface area contributed by atoms with Gasteiger partial charge in [-0.2, -0.15) is 13.2 Å². The van der Waals surface area contributed by atoms with Crippen LogP contribution in [0.2, 0.25) is 5.02 Å². The Bertz CT molecular complexity index is 435. The number of rotatable bonds is 4. The van der Waals surface area contributed by atoms with Gasteiger partial charge in [0, 0.05) is 10.7 Å². The van der Waals surface area contributed by atoms with Gasteiger partial charge in [0.25, 0.3) is 0 Å². The van der Waals surface area contributed by atoms with Gasteiger partial charge in [-0.05, 0) is 24.6 Å². The van der Waals surface area contributed by atoms with Crippen LogP contribution in [0.3, 0.4) is 0 Å². The van der Waals surface area contributed by atoms with Crippen molar-refractivity contribution in [3.63, 3.8) is 0 Å². The second-order valence-corrected chi connectivity index (χ2v) is 3.98.